The Morgan fingerprint density at radius 2 is 1.80 bits per heavy atom. The largest absolute Gasteiger partial charge is 0.508 e. The van der Waals surface area contributed by atoms with E-state index < -0.39 is 5.91 Å². The number of hydrogen-bond acceptors (Lipinski definition) is 7. The summed E-state index contributed by atoms with van der Waals surface area (Å²) in [6, 6.07) is 10.7. The number of thiocarbonyl (C=S) groups is 1. The number of phenolic OH excluding ortho intramolecular Hbond substituents is 3. The Morgan fingerprint density at radius 1 is 1.04 bits per heavy atom. The van der Waals surface area contributed by atoms with E-state index in [4.69, 9.17) is 12.2 Å². The predicted molar refractivity (Wildman–Crippen MR) is 100 cm³/mol. The van der Waals surface area contributed by atoms with E-state index in [0.717, 1.165) is 16.8 Å². The van der Waals surface area contributed by atoms with Crippen LogP contribution in [-0.2, 0) is 4.79 Å². The van der Waals surface area contributed by atoms with Gasteiger partial charge < -0.3 is 15.3 Å². The van der Waals surface area contributed by atoms with Gasteiger partial charge in [-0.3, -0.25) is 4.79 Å². The van der Waals surface area contributed by atoms with Crippen LogP contribution in [0.5, 0.6) is 17.2 Å². The molecule has 0 atom stereocenters. The molecule has 1 saturated heterocycles. The number of hydrazone groups is 1. The van der Waals surface area contributed by atoms with Crippen molar-refractivity contribution in [2.24, 2.45) is 5.10 Å². The van der Waals surface area contributed by atoms with Crippen molar-refractivity contribution >= 4 is 46.5 Å². The van der Waals surface area contributed by atoms with Crippen LogP contribution in [0.3, 0.4) is 0 Å². The van der Waals surface area contributed by atoms with Crippen molar-refractivity contribution in [1.82, 2.24) is 5.01 Å². The lowest BCUT2D eigenvalue weighted by atomic mass is 10.2. The van der Waals surface area contributed by atoms with E-state index in [-0.39, 0.29) is 21.6 Å². The number of thioether (sulfide) groups is 1. The highest BCUT2D eigenvalue weighted by Gasteiger charge is 2.32. The van der Waals surface area contributed by atoms with Gasteiger partial charge in [0, 0.05) is 17.2 Å². The van der Waals surface area contributed by atoms with Crippen LogP contribution in [0.25, 0.3) is 6.08 Å². The predicted octanol–water partition coefficient (Wildman–Crippen LogP) is 3.04. The molecular weight excluding hydrogens is 360 g/mol. The summed E-state index contributed by atoms with van der Waals surface area (Å²) < 4.78 is 0.237. The van der Waals surface area contributed by atoms with Crippen molar-refractivity contribution in [3.8, 4) is 17.2 Å². The number of rotatable bonds is 3. The summed E-state index contributed by atoms with van der Waals surface area (Å²) in [5.74, 6) is -0.608. The maximum atomic E-state index is 12.4. The first-order chi connectivity index (χ1) is 12.0. The third-order valence-corrected chi connectivity index (χ3v) is 4.61. The summed E-state index contributed by atoms with van der Waals surface area (Å²) >= 11 is 6.23. The summed E-state index contributed by atoms with van der Waals surface area (Å²) in [4.78, 5) is 12.8. The van der Waals surface area contributed by atoms with Crippen molar-refractivity contribution in [2.45, 2.75) is 0 Å². The summed E-state index contributed by atoms with van der Waals surface area (Å²) in [6.07, 6.45) is 2.82. The van der Waals surface area contributed by atoms with Crippen LogP contribution in [0.4, 0.5) is 0 Å². The van der Waals surface area contributed by atoms with Gasteiger partial charge in [-0.05, 0) is 36.5 Å². The van der Waals surface area contributed by atoms with E-state index in [1.54, 1.807) is 24.3 Å². The van der Waals surface area contributed by atoms with E-state index in [0.29, 0.717) is 16.0 Å². The normalized spacial score (nSPS) is 16.3. The number of amides is 1. The molecule has 126 valence electrons. The van der Waals surface area contributed by atoms with Gasteiger partial charge in [-0.2, -0.15) is 10.1 Å². The maximum Gasteiger partial charge on any atom is 0.286 e. The lowest BCUT2D eigenvalue weighted by Gasteiger charge is -2.06. The summed E-state index contributed by atoms with van der Waals surface area (Å²) in [5.41, 5.74) is 0.833. The molecule has 6 nitrogen and oxygen atoms in total. The van der Waals surface area contributed by atoms with Crippen molar-refractivity contribution < 1.29 is 20.1 Å². The van der Waals surface area contributed by atoms with Crippen molar-refractivity contribution in [3.63, 3.8) is 0 Å². The Labute approximate surface area is 152 Å². The average Bonchev–Trinajstić information content (AvgIpc) is 2.83. The smallest absolute Gasteiger partial charge is 0.286 e. The van der Waals surface area contributed by atoms with Gasteiger partial charge in [0.25, 0.3) is 5.91 Å². The molecule has 0 spiro atoms. The second-order valence-electron chi connectivity index (χ2n) is 5.04. The molecule has 0 unspecified atom stereocenters. The van der Waals surface area contributed by atoms with Crippen LogP contribution in [0.1, 0.15) is 11.1 Å². The highest BCUT2D eigenvalue weighted by atomic mass is 32.2. The van der Waals surface area contributed by atoms with E-state index in [1.807, 2.05) is 0 Å². The van der Waals surface area contributed by atoms with Crippen molar-refractivity contribution in [3.05, 3.63) is 58.5 Å². The zero-order valence-corrected chi connectivity index (χ0v) is 14.3. The Morgan fingerprint density at radius 3 is 2.52 bits per heavy atom. The molecule has 0 aromatic heterocycles. The molecule has 1 fully saturated rings. The number of nitrogens with zero attached hydrogens (tertiary/aromatic N) is 2. The number of carbonyl (C=O) groups is 1. The molecule has 0 saturated carbocycles. The first kappa shape index (κ1) is 17.0. The first-order valence-electron chi connectivity index (χ1n) is 7.07. The Kier molecular flexibility index (Phi) is 4.73. The molecule has 1 aliphatic heterocycles. The molecule has 0 aliphatic carbocycles. The van der Waals surface area contributed by atoms with Crippen molar-refractivity contribution in [1.29, 1.82) is 0 Å². The fourth-order valence-electron chi connectivity index (χ4n) is 2.07. The van der Waals surface area contributed by atoms with Crippen LogP contribution in [0.2, 0.25) is 0 Å². The summed E-state index contributed by atoms with van der Waals surface area (Å²) in [5, 5.41) is 33.9. The molecule has 1 amide bonds. The van der Waals surface area contributed by atoms with Gasteiger partial charge in [-0.15, -0.1) is 0 Å². The zero-order chi connectivity index (χ0) is 18.0. The number of phenols is 3. The molecule has 2 aromatic carbocycles. The van der Waals surface area contributed by atoms with Gasteiger partial charge in [0.1, 0.15) is 17.2 Å². The van der Waals surface area contributed by atoms with Gasteiger partial charge in [-0.1, -0.05) is 30.0 Å². The van der Waals surface area contributed by atoms with Crippen molar-refractivity contribution in [2.75, 3.05) is 0 Å². The average molecular weight is 372 g/mol. The molecule has 3 rings (SSSR count). The Balaban J connectivity index is 1.84. The number of benzene rings is 2. The molecule has 0 bridgehead atoms. The van der Waals surface area contributed by atoms with Gasteiger partial charge >= 0.3 is 0 Å². The number of para-hydroxylation sites is 1. The minimum atomic E-state index is -0.423. The molecular formula is C17H12N2O4S2. The number of carbonyl (C=O) groups excluding carboxylic acids is 1. The first-order valence-corrected chi connectivity index (χ1v) is 8.30. The molecule has 2 aromatic rings. The number of aromatic hydroxyl groups is 3. The molecule has 3 N–H and O–H groups in total. The highest BCUT2D eigenvalue weighted by Crippen LogP contribution is 2.34. The van der Waals surface area contributed by atoms with Gasteiger partial charge in [0.15, 0.2) is 4.32 Å². The topological polar surface area (TPSA) is 93.4 Å². The maximum absolute atomic E-state index is 12.4. The molecule has 0 radical (unpaired) electrons. The van der Waals surface area contributed by atoms with Crippen LogP contribution in [0.15, 0.2) is 52.5 Å². The molecule has 25 heavy (non-hydrogen) atoms. The molecule has 8 heteroatoms. The monoisotopic (exact) mass is 372 g/mol. The van der Waals surface area contributed by atoms with E-state index in [1.165, 1.54) is 30.5 Å². The second kappa shape index (κ2) is 6.96. The molecule has 1 aliphatic rings. The minimum Gasteiger partial charge on any atom is -0.508 e. The van der Waals surface area contributed by atoms with E-state index in [9.17, 15) is 20.1 Å². The fraction of sp³-hybridized carbons (Fsp3) is 0. The molecule has 1 heterocycles. The summed E-state index contributed by atoms with van der Waals surface area (Å²) in [7, 11) is 0. The zero-order valence-electron chi connectivity index (χ0n) is 12.7. The van der Waals surface area contributed by atoms with Crippen LogP contribution in [0, 0.1) is 0 Å². The second-order valence-corrected chi connectivity index (χ2v) is 6.72. The van der Waals surface area contributed by atoms with E-state index >= 15 is 0 Å². The van der Waals surface area contributed by atoms with E-state index in [2.05, 4.69) is 5.10 Å². The lowest BCUT2D eigenvalue weighted by molar-refractivity contribution is -0.122. The minimum absolute atomic E-state index is 0.0604. The standard InChI is InChI=1S/C17H12N2O4S2/c20-12-6-5-11(14(22)8-12)9-18-19-16(23)15(25-17(19)24)7-10-3-1-2-4-13(10)21/h1-9,20-22H/b15-7+,18-9+. The third kappa shape index (κ3) is 3.65. The highest BCUT2D eigenvalue weighted by molar-refractivity contribution is 8.26. The summed E-state index contributed by atoms with van der Waals surface area (Å²) in [6.45, 7) is 0. The van der Waals surface area contributed by atoms with Gasteiger partial charge in [-0.25, -0.2) is 0 Å². The van der Waals surface area contributed by atoms with Gasteiger partial charge in [0.2, 0.25) is 0 Å². The van der Waals surface area contributed by atoms with Crippen LogP contribution in [-0.4, -0.2) is 36.8 Å². The number of hydrogen-bond donors (Lipinski definition) is 3. The fourth-order valence-corrected chi connectivity index (χ4v) is 3.23. The third-order valence-electron chi connectivity index (χ3n) is 3.32. The van der Waals surface area contributed by atoms with Crippen LogP contribution >= 0.6 is 24.0 Å². The Hall–Kier alpha value is -2.84. The lowest BCUT2D eigenvalue weighted by Crippen LogP contribution is -2.22. The quantitative estimate of drug-likeness (QED) is 0.436. The van der Waals surface area contributed by atoms with Crippen LogP contribution < -0.4 is 0 Å². The Bertz CT molecular complexity index is 925. The van der Waals surface area contributed by atoms with Gasteiger partial charge in [0.05, 0.1) is 11.1 Å². The SMILES string of the molecule is O=C1/C(=C\c2ccccc2O)SC(=S)N1/N=C/c1ccc(O)cc1O.